The largest absolute Gasteiger partial charge is 0.744 e. The van der Waals surface area contributed by atoms with E-state index in [1.165, 1.54) is 23.4 Å². The summed E-state index contributed by atoms with van der Waals surface area (Å²) in [4.78, 5) is -0.178. The van der Waals surface area contributed by atoms with Gasteiger partial charge in [-0.1, -0.05) is 66.2 Å². The summed E-state index contributed by atoms with van der Waals surface area (Å²) >= 11 is 0. The van der Waals surface area contributed by atoms with Crippen molar-refractivity contribution in [1.29, 1.82) is 0 Å². The number of quaternary nitrogens is 1. The second kappa shape index (κ2) is 9.80. The monoisotopic (exact) mass is 413 g/mol. The van der Waals surface area contributed by atoms with Crippen molar-refractivity contribution in [3.63, 3.8) is 0 Å². The predicted octanol–water partition coefficient (Wildman–Crippen LogP) is 4.50. The minimum Gasteiger partial charge on any atom is -0.744 e. The summed E-state index contributed by atoms with van der Waals surface area (Å²) < 4.78 is 37.6. The number of nitrogens with zero attached hydrogens (tertiary/aromatic N) is 1. The molecule has 3 aromatic carbocycles. The molecular formula is C23H27NO4S. The molecule has 0 spiro atoms. The van der Waals surface area contributed by atoms with Crippen LogP contribution in [0.3, 0.4) is 0 Å². The average molecular weight is 414 g/mol. The van der Waals surface area contributed by atoms with E-state index in [2.05, 4.69) is 50.5 Å². The quantitative estimate of drug-likeness (QED) is 0.351. The van der Waals surface area contributed by atoms with Gasteiger partial charge < -0.3 is 9.29 Å². The summed E-state index contributed by atoms with van der Waals surface area (Å²) in [6.07, 6.45) is -0.00593. The van der Waals surface area contributed by atoms with Gasteiger partial charge in [0.1, 0.15) is 15.8 Å². The number of aryl methyl sites for hydroxylation is 1. The van der Waals surface area contributed by atoms with Crippen molar-refractivity contribution in [2.75, 3.05) is 21.2 Å². The van der Waals surface area contributed by atoms with Gasteiger partial charge in [-0.2, -0.15) is 0 Å². The van der Waals surface area contributed by atoms with E-state index in [1.54, 1.807) is 19.2 Å². The van der Waals surface area contributed by atoms with Crippen molar-refractivity contribution in [3.8, 4) is 0 Å². The highest BCUT2D eigenvalue weighted by atomic mass is 32.2. The van der Waals surface area contributed by atoms with Gasteiger partial charge in [0.15, 0.2) is 0 Å². The molecule has 29 heavy (non-hydrogen) atoms. The normalized spacial score (nSPS) is 12.6. The Labute approximate surface area is 173 Å². The minimum atomic E-state index is -4.27. The van der Waals surface area contributed by atoms with E-state index in [9.17, 15) is 13.0 Å². The highest BCUT2D eigenvalue weighted by molar-refractivity contribution is 7.85. The Morgan fingerprint density at radius 3 is 1.76 bits per heavy atom. The fraction of sp³-hybridized carbons (Fsp3) is 0.217. The van der Waals surface area contributed by atoms with E-state index in [1.807, 2.05) is 31.2 Å². The Kier molecular flexibility index (Phi) is 7.70. The maximum absolute atomic E-state index is 10.4. The minimum absolute atomic E-state index is 0.00593. The number of rotatable bonds is 5. The van der Waals surface area contributed by atoms with Crippen LogP contribution in [0.4, 0.5) is 5.69 Å². The summed E-state index contributed by atoms with van der Waals surface area (Å²) in [7, 11) is 1.82. The van der Waals surface area contributed by atoms with Crippen LogP contribution in [-0.2, 0) is 14.9 Å². The van der Waals surface area contributed by atoms with Crippen LogP contribution in [0.25, 0.3) is 0 Å². The Morgan fingerprint density at radius 1 is 0.828 bits per heavy atom. The van der Waals surface area contributed by atoms with Gasteiger partial charge in [-0.25, -0.2) is 8.42 Å². The number of methoxy groups -OCH3 is 1. The van der Waals surface area contributed by atoms with Gasteiger partial charge in [0, 0.05) is 12.7 Å². The van der Waals surface area contributed by atoms with E-state index >= 15 is 0 Å². The molecular weight excluding hydrogens is 386 g/mol. The molecule has 0 aliphatic carbocycles. The first kappa shape index (κ1) is 22.8. The molecule has 1 atom stereocenters. The molecule has 6 heteroatoms. The first-order valence-electron chi connectivity index (χ1n) is 9.16. The van der Waals surface area contributed by atoms with E-state index in [-0.39, 0.29) is 11.1 Å². The SMILES string of the molecule is COC(c1ccccc1)[N+](C)(C)c1ccccc1.Cc1ccc(S(=O)(=O)[O-])cc1. The third-order valence-corrected chi connectivity index (χ3v) is 5.48. The van der Waals surface area contributed by atoms with E-state index in [4.69, 9.17) is 4.74 Å². The molecule has 0 saturated heterocycles. The number of hydrogen-bond acceptors (Lipinski definition) is 4. The Morgan fingerprint density at radius 2 is 1.31 bits per heavy atom. The van der Waals surface area contributed by atoms with Crippen molar-refractivity contribution >= 4 is 15.8 Å². The standard InChI is InChI=1S/C16H20NO.C7H8O3S/c1-17(2,15-12-8-5-9-13-15)16(18-3)14-10-6-4-7-11-14;1-6-2-4-7(5-3-6)11(8,9)10/h4-13,16H,1-3H3;2-5H,1H3,(H,8,9,10)/q+1;/p-1. The van der Waals surface area contributed by atoms with Crippen LogP contribution in [0, 0.1) is 6.92 Å². The molecule has 5 nitrogen and oxygen atoms in total. The van der Waals surface area contributed by atoms with Crippen LogP contribution < -0.4 is 4.48 Å². The molecule has 0 aliphatic rings. The molecule has 154 valence electrons. The van der Waals surface area contributed by atoms with Gasteiger partial charge in [-0.05, 0) is 31.2 Å². The van der Waals surface area contributed by atoms with Crippen molar-refractivity contribution in [1.82, 2.24) is 4.48 Å². The molecule has 0 aliphatic heterocycles. The molecule has 3 rings (SSSR count). The second-order valence-corrected chi connectivity index (χ2v) is 8.52. The molecule has 0 fully saturated rings. The lowest BCUT2D eigenvalue weighted by molar-refractivity contribution is -0.00155. The number of benzene rings is 3. The van der Waals surface area contributed by atoms with Crippen LogP contribution in [-0.4, -0.2) is 34.2 Å². The predicted molar refractivity (Wildman–Crippen MR) is 115 cm³/mol. The first-order valence-corrected chi connectivity index (χ1v) is 10.6. The molecule has 0 aromatic heterocycles. The van der Waals surface area contributed by atoms with Crippen molar-refractivity contribution in [2.24, 2.45) is 0 Å². The topological polar surface area (TPSA) is 66.4 Å². The third-order valence-electron chi connectivity index (χ3n) is 4.63. The van der Waals surface area contributed by atoms with Crippen molar-refractivity contribution in [2.45, 2.75) is 18.0 Å². The highest BCUT2D eigenvalue weighted by Crippen LogP contribution is 2.31. The van der Waals surface area contributed by atoms with Gasteiger partial charge in [0.05, 0.1) is 19.0 Å². The van der Waals surface area contributed by atoms with Gasteiger partial charge in [-0.15, -0.1) is 0 Å². The summed E-state index contributed by atoms with van der Waals surface area (Å²) in [5.41, 5.74) is 3.35. The lowest BCUT2D eigenvalue weighted by Gasteiger charge is -2.36. The van der Waals surface area contributed by atoms with E-state index in [0.717, 1.165) is 5.56 Å². The molecule has 3 aromatic rings. The molecule has 0 radical (unpaired) electrons. The van der Waals surface area contributed by atoms with Crippen molar-refractivity contribution in [3.05, 3.63) is 96.1 Å². The molecule has 0 heterocycles. The lowest BCUT2D eigenvalue weighted by Crippen LogP contribution is -2.45. The smallest absolute Gasteiger partial charge is 0.224 e. The molecule has 1 unspecified atom stereocenters. The summed E-state index contributed by atoms with van der Waals surface area (Å²) in [5, 5.41) is 0. The summed E-state index contributed by atoms with van der Waals surface area (Å²) in [6, 6.07) is 26.5. The van der Waals surface area contributed by atoms with E-state index in [0.29, 0.717) is 4.48 Å². The highest BCUT2D eigenvalue weighted by Gasteiger charge is 2.31. The van der Waals surface area contributed by atoms with Gasteiger partial charge in [-0.3, -0.25) is 4.48 Å². The Balaban J connectivity index is 0.000000234. The van der Waals surface area contributed by atoms with Crippen LogP contribution in [0.1, 0.15) is 17.4 Å². The number of para-hydroxylation sites is 1. The van der Waals surface area contributed by atoms with Gasteiger partial charge >= 0.3 is 0 Å². The molecule has 0 amide bonds. The van der Waals surface area contributed by atoms with Gasteiger partial charge in [0.2, 0.25) is 6.23 Å². The van der Waals surface area contributed by atoms with E-state index < -0.39 is 10.1 Å². The van der Waals surface area contributed by atoms with Crippen LogP contribution in [0.5, 0.6) is 0 Å². The van der Waals surface area contributed by atoms with Crippen LogP contribution >= 0.6 is 0 Å². The molecule has 0 saturated carbocycles. The Bertz CT molecular complexity index is 986. The Hall–Kier alpha value is -2.51. The molecule has 0 bridgehead atoms. The fourth-order valence-electron chi connectivity index (χ4n) is 3.04. The summed E-state index contributed by atoms with van der Waals surface area (Å²) in [6.45, 7) is 1.82. The number of ether oxygens (including phenoxy) is 1. The number of hydrogen-bond donors (Lipinski definition) is 0. The average Bonchev–Trinajstić information content (AvgIpc) is 2.70. The zero-order valence-electron chi connectivity index (χ0n) is 17.1. The van der Waals surface area contributed by atoms with Crippen LogP contribution in [0.15, 0.2) is 89.8 Å². The zero-order chi connectivity index (χ0) is 21.5. The summed E-state index contributed by atoms with van der Waals surface area (Å²) in [5.74, 6) is 0. The first-order chi connectivity index (χ1) is 13.7. The molecule has 0 N–H and O–H groups in total. The maximum Gasteiger partial charge on any atom is 0.224 e. The maximum atomic E-state index is 10.4. The van der Waals surface area contributed by atoms with Crippen molar-refractivity contribution < 1.29 is 17.7 Å². The van der Waals surface area contributed by atoms with Gasteiger partial charge in [0.25, 0.3) is 0 Å². The fourth-order valence-corrected chi connectivity index (χ4v) is 3.51. The second-order valence-electron chi connectivity index (χ2n) is 7.14. The van der Waals surface area contributed by atoms with Crippen LogP contribution in [0.2, 0.25) is 0 Å². The lowest BCUT2D eigenvalue weighted by atomic mass is 10.1. The zero-order valence-corrected chi connectivity index (χ0v) is 18.0. The third kappa shape index (κ3) is 6.24.